The Morgan fingerprint density at radius 2 is 1.64 bits per heavy atom. The molecule has 2 aromatic rings. The van der Waals surface area contributed by atoms with Crippen LogP contribution in [0.25, 0.3) is 11.1 Å². The number of aliphatic imine (C=N–C) groups is 1. The van der Waals surface area contributed by atoms with Crippen molar-refractivity contribution in [2.24, 2.45) is 10.9 Å². The van der Waals surface area contributed by atoms with Gasteiger partial charge < -0.3 is 0 Å². The van der Waals surface area contributed by atoms with Crippen LogP contribution in [0, 0.1) is 17.6 Å². The van der Waals surface area contributed by atoms with Gasteiger partial charge in [-0.05, 0) is 60.9 Å². The summed E-state index contributed by atoms with van der Waals surface area (Å²) in [4.78, 5) is 3.63. The summed E-state index contributed by atoms with van der Waals surface area (Å²) >= 11 is 4.47. The van der Waals surface area contributed by atoms with Crippen molar-refractivity contribution < 1.29 is 8.78 Å². The number of hydrogen-bond donors (Lipinski definition) is 0. The highest BCUT2D eigenvalue weighted by molar-refractivity contribution is 7.78. The lowest BCUT2D eigenvalue weighted by molar-refractivity contribution is 0.376. The first-order valence-corrected chi connectivity index (χ1v) is 8.83. The topological polar surface area (TPSA) is 12.4 Å². The second-order valence-corrected chi connectivity index (χ2v) is 6.64. The van der Waals surface area contributed by atoms with Crippen molar-refractivity contribution in [2.45, 2.75) is 31.6 Å². The van der Waals surface area contributed by atoms with Crippen LogP contribution in [0.15, 0.2) is 54.0 Å². The molecule has 0 heterocycles. The van der Waals surface area contributed by atoms with Crippen molar-refractivity contribution in [3.05, 3.63) is 66.3 Å². The Labute approximate surface area is 152 Å². The number of benzene rings is 2. The number of allylic oxidation sites excluding steroid dienone is 1. The van der Waals surface area contributed by atoms with E-state index in [1.165, 1.54) is 17.7 Å². The van der Waals surface area contributed by atoms with E-state index in [0.717, 1.165) is 25.7 Å². The van der Waals surface area contributed by atoms with E-state index in [1.54, 1.807) is 12.1 Å². The van der Waals surface area contributed by atoms with Crippen molar-refractivity contribution in [3.63, 3.8) is 0 Å². The van der Waals surface area contributed by atoms with Gasteiger partial charge in [-0.1, -0.05) is 30.3 Å². The lowest BCUT2D eigenvalue weighted by Crippen LogP contribution is -2.11. The Morgan fingerprint density at radius 1 is 1.04 bits per heavy atom. The van der Waals surface area contributed by atoms with Gasteiger partial charge in [0.1, 0.15) is 11.6 Å². The summed E-state index contributed by atoms with van der Waals surface area (Å²) < 4.78 is 28.6. The van der Waals surface area contributed by atoms with E-state index in [1.807, 2.05) is 18.2 Å². The Balaban J connectivity index is 1.83. The van der Waals surface area contributed by atoms with Crippen molar-refractivity contribution in [1.29, 1.82) is 0 Å². The highest BCUT2D eigenvalue weighted by atomic mass is 32.1. The summed E-state index contributed by atoms with van der Waals surface area (Å²) in [6, 6.07) is 9.88. The third-order valence-corrected chi connectivity index (χ3v) is 5.07. The molecule has 0 amide bonds. The second kappa shape index (κ2) is 7.81. The Kier molecular flexibility index (Phi) is 5.52. The monoisotopic (exact) mass is 355 g/mol. The minimum Gasteiger partial charge on any atom is -0.206 e. The maximum Gasteiger partial charge on any atom is 0.136 e. The van der Waals surface area contributed by atoms with E-state index in [0.29, 0.717) is 17.4 Å². The molecule has 1 aliphatic rings. The molecule has 0 N–H and O–H groups in total. The molecule has 1 saturated carbocycles. The lowest BCUT2D eigenvalue weighted by Gasteiger charge is -2.27. The van der Waals surface area contributed by atoms with E-state index in [2.05, 4.69) is 29.0 Å². The fourth-order valence-corrected chi connectivity index (χ4v) is 3.67. The zero-order valence-electron chi connectivity index (χ0n) is 13.8. The summed E-state index contributed by atoms with van der Waals surface area (Å²) in [5, 5.41) is 2.12. The molecule has 1 fully saturated rings. The number of halogens is 2. The van der Waals surface area contributed by atoms with Gasteiger partial charge in [0.05, 0.1) is 16.4 Å². The first-order chi connectivity index (χ1) is 12.1. The third kappa shape index (κ3) is 3.92. The van der Waals surface area contributed by atoms with Crippen LogP contribution in [0.2, 0.25) is 0 Å². The standard InChI is InChI=1S/C21H19F2NS/c1-2-14-3-5-15(6-4-14)16-7-9-17(10-8-16)21-19(22)11-18(24-13-25)12-20(21)23/h2,7-12,14-15H,1,3-6H2. The quantitative estimate of drug-likeness (QED) is 0.333. The maximum absolute atomic E-state index is 14.3. The van der Waals surface area contributed by atoms with Crippen molar-refractivity contribution in [3.8, 4) is 11.1 Å². The summed E-state index contributed by atoms with van der Waals surface area (Å²) in [5.41, 5.74) is 1.85. The van der Waals surface area contributed by atoms with Gasteiger partial charge >= 0.3 is 0 Å². The molecule has 128 valence electrons. The van der Waals surface area contributed by atoms with Gasteiger partial charge in [-0.3, -0.25) is 0 Å². The third-order valence-electron chi connectivity index (χ3n) is 4.98. The molecular weight excluding hydrogens is 336 g/mol. The zero-order valence-corrected chi connectivity index (χ0v) is 14.7. The molecule has 0 atom stereocenters. The summed E-state index contributed by atoms with van der Waals surface area (Å²) in [6.45, 7) is 3.87. The molecule has 0 unspecified atom stereocenters. The van der Waals surface area contributed by atoms with Crippen LogP contribution in [0.3, 0.4) is 0 Å². The van der Waals surface area contributed by atoms with Gasteiger partial charge in [-0.2, -0.15) is 4.99 Å². The fourth-order valence-electron chi connectivity index (χ4n) is 3.56. The first-order valence-electron chi connectivity index (χ1n) is 8.42. The molecule has 0 radical (unpaired) electrons. The van der Waals surface area contributed by atoms with Crippen molar-refractivity contribution >= 4 is 23.1 Å². The molecule has 2 aromatic carbocycles. The Morgan fingerprint density at radius 3 is 2.16 bits per heavy atom. The predicted molar refractivity (Wildman–Crippen MR) is 101 cm³/mol. The molecule has 0 saturated heterocycles. The van der Waals surface area contributed by atoms with Crippen LogP contribution in [0.4, 0.5) is 14.5 Å². The van der Waals surface area contributed by atoms with E-state index >= 15 is 0 Å². The molecule has 0 bridgehead atoms. The molecule has 1 nitrogen and oxygen atoms in total. The average Bonchev–Trinajstić information content (AvgIpc) is 2.62. The number of isothiocyanates is 1. The maximum atomic E-state index is 14.3. The molecular formula is C21H19F2NS. The SMILES string of the molecule is C=CC1CCC(c2ccc(-c3c(F)cc(N=C=S)cc3F)cc2)CC1. The second-order valence-electron chi connectivity index (χ2n) is 6.46. The smallest absolute Gasteiger partial charge is 0.136 e. The minimum absolute atomic E-state index is 0.0368. The minimum atomic E-state index is -0.650. The molecule has 1 aliphatic carbocycles. The molecule has 4 heteroatoms. The Hall–Kier alpha value is -2.16. The number of rotatable bonds is 4. The predicted octanol–water partition coefficient (Wildman–Crippen LogP) is 6.83. The average molecular weight is 355 g/mol. The van der Waals surface area contributed by atoms with Gasteiger partial charge in [0.2, 0.25) is 0 Å². The van der Waals surface area contributed by atoms with Gasteiger partial charge in [0.15, 0.2) is 0 Å². The van der Waals surface area contributed by atoms with E-state index in [4.69, 9.17) is 0 Å². The fraction of sp³-hybridized carbons (Fsp3) is 0.286. The van der Waals surface area contributed by atoms with Crippen molar-refractivity contribution in [1.82, 2.24) is 0 Å². The summed E-state index contributed by atoms with van der Waals surface area (Å²) in [6.07, 6.45) is 6.61. The van der Waals surface area contributed by atoms with Crippen LogP contribution in [-0.4, -0.2) is 5.16 Å². The van der Waals surface area contributed by atoms with Gasteiger partial charge in [-0.25, -0.2) is 8.78 Å². The van der Waals surface area contributed by atoms with E-state index in [9.17, 15) is 8.78 Å². The van der Waals surface area contributed by atoms with Gasteiger partial charge in [0, 0.05) is 12.1 Å². The van der Waals surface area contributed by atoms with Crippen LogP contribution in [0.1, 0.15) is 37.2 Å². The van der Waals surface area contributed by atoms with Crippen LogP contribution < -0.4 is 0 Å². The number of nitrogens with zero attached hydrogens (tertiary/aromatic N) is 1. The molecule has 25 heavy (non-hydrogen) atoms. The Bertz CT molecular complexity index is 791. The first kappa shape index (κ1) is 17.7. The molecule has 0 aliphatic heterocycles. The summed E-state index contributed by atoms with van der Waals surface area (Å²) in [7, 11) is 0. The highest BCUT2D eigenvalue weighted by Gasteiger charge is 2.21. The normalized spacial score (nSPS) is 19.9. The van der Waals surface area contributed by atoms with Crippen LogP contribution in [-0.2, 0) is 0 Å². The number of hydrogen-bond acceptors (Lipinski definition) is 2. The van der Waals surface area contributed by atoms with Gasteiger partial charge in [-0.15, -0.1) is 6.58 Å². The van der Waals surface area contributed by atoms with E-state index < -0.39 is 11.6 Å². The molecule has 3 rings (SSSR count). The van der Waals surface area contributed by atoms with E-state index in [-0.39, 0.29) is 11.3 Å². The molecule has 0 aromatic heterocycles. The van der Waals surface area contributed by atoms with Crippen LogP contribution in [0.5, 0.6) is 0 Å². The highest BCUT2D eigenvalue weighted by Crippen LogP contribution is 2.37. The zero-order chi connectivity index (χ0) is 17.8. The van der Waals surface area contributed by atoms with Crippen LogP contribution >= 0.6 is 12.2 Å². The van der Waals surface area contributed by atoms with Crippen molar-refractivity contribution in [2.75, 3.05) is 0 Å². The van der Waals surface area contributed by atoms with Gasteiger partial charge in [0.25, 0.3) is 0 Å². The number of thiocarbonyl (C=S) groups is 1. The largest absolute Gasteiger partial charge is 0.206 e. The lowest BCUT2D eigenvalue weighted by atomic mass is 9.78. The molecule has 0 spiro atoms. The summed E-state index contributed by atoms with van der Waals surface area (Å²) in [5.74, 6) is -0.169.